The first-order valence-electron chi connectivity index (χ1n) is 10.1. The highest BCUT2D eigenvalue weighted by molar-refractivity contribution is 5.58. The van der Waals surface area contributed by atoms with Crippen LogP contribution in [-0.4, -0.2) is 49.8 Å². The highest BCUT2D eigenvalue weighted by Gasteiger charge is 2.57. The smallest absolute Gasteiger partial charge is 0.0567 e. The highest BCUT2D eigenvalue weighted by atomic mass is 15.3. The second-order valence-electron chi connectivity index (χ2n) is 8.95. The lowest BCUT2D eigenvalue weighted by Crippen LogP contribution is -2.78. The van der Waals surface area contributed by atoms with Gasteiger partial charge in [-0.1, -0.05) is 12.1 Å². The van der Waals surface area contributed by atoms with Gasteiger partial charge >= 0.3 is 0 Å². The molecule has 0 spiro atoms. The van der Waals surface area contributed by atoms with Crippen LogP contribution in [0.2, 0.25) is 0 Å². The SMILES string of the molecule is c1cc2c(cc1C13CCC(C4NC5CCC4NC5)(CNC1)N3)NCC2. The molecule has 5 heteroatoms. The van der Waals surface area contributed by atoms with Gasteiger partial charge < -0.3 is 21.3 Å². The van der Waals surface area contributed by atoms with Crippen LogP contribution in [0.1, 0.15) is 36.8 Å². The van der Waals surface area contributed by atoms with Crippen molar-refractivity contribution in [3.63, 3.8) is 0 Å². The van der Waals surface area contributed by atoms with E-state index in [1.54, 1.807) is 0 Å². The first kappa shape index (κ1) is 15.0. The normalized spacial score (nSPS) is 44.6. The third-order valence-corrected chi connectivity index (χ3v) is 7.59. The minimum atomic E-state index is 0.0932. The lowest BCUT2D eigenvalue weighted by atomic mass is 9.76. The Bertz CT molecular complexity index is 697. The van der Waals surface area contributed by atoms with E-state index in [0.29, 0.717) is 18.1 Å². The Kier molecular flexibility index (Phi) is 3.11. The maximum atomic E-state index is 4.19. The summed E-state index contributed by atoms with van der Waals surface area (Å²) >= 11 is 0. The molecular formula is C20H29N5. The average molecular weight is 339 g/mol. The van der Waals surface area contributed by atoms with Gasteiger partial charge in [-0.15, -0.1) is 0 Å². The zero-order valence-corrected chi connectivity index (χ0v) is 14.8. The van der Waals surface area contributed by atoms with Crippen molar-refractivity contribution < 1.29 is 0 Å². The third-order valence-electron chi connectivity index (χ3n) is 7.59. The number of nitrogens with one attached hydrogen (secondary N) is 5. The molecule has 6 aliphatic rings. The van der Waals surface area contributed by atoms with Crippen molar-refractivity contribution in [2.75, 3.05) is 31.5 Å². The van der Waals surface area contributed by atoms with Crippen LogP contribution in [-0.2, 0) is 12.0 Å². The van der Waals surface area contributed by atoms with E-state index < -0.39 is 0 Å². The topological polar surface area (TPSA) is 60.1 Å². The van der Waals surface area contributed by atoms with Crippen molar-refractivity contribution in [1.82, 2.24) is 21.3 Å². The van der Waals surface area contributed by atoms with Gasteiger partial charge in [0, 0.05) is 55.5 Å². The van der Waals surface area contributed by atoms with Crippen LogP contribution in [0.5, 0.6) is 0 Å². The molecule has 5 N–H and O–H groups in total. The summed E-state index contributed by atoms with van der Waals surface area (Å²) in [5, 5.41) is 19.3. The maximum absolute atomic E-state index is 4.19. The molecule has 1 aromatic carbocycles. The predicted molar refractivity (Wildman–Crippen MR) is 100 cm³/mol. The monoisotopic (exact) mass is 339 g/mol. The number of piperidine rings is 2. The molecule has 134 valence electrons. The Morgan fingerprint density at radius 2 is 2.08 bits per heavy atom. The van der Waals surface area contributed by atoms with E-state index in [4.69, 9.17) is 0 Å². The van der Waals surface area contributed by atoms with Crippen LogP contribution >= 0.6 is 0 Å². The van der Waals surface area contributed by atoms with Gasteiger partial charge in [0.05, 0.1) is 5.54 Å². The lowest BCUT2D eigenvalue weighted by molar-refractivity contribution is 0.0861. The van der Waals surface area contributed by atoms with Crippen LogP contribution < -0.4 is 26.6 Å². The van der Waals surface area contributed by atoms with Crippen molar-refractivity contribution in [1.29, 1.82) is 0 Å². The number of fused-ring (bicyclic) bond motifs is 7. The summed E-state index contributed by atoms with van der Waals surface area (Å²) in [7, 11) is 0. The van der Waals surface area contributed by atoms with Gasteiger partial charge in [-0.05, 0) is 49.3 Å². The lowest BCUT2D eigenvalue weighted by Gasteiger charge is -2.54. The molecule has 0 radical (unpaired) electrons. The van der Waals surface area contributed by atoms with Gasteiger partial charge in [0.15, 0.2) is 0 Å². The fourth-order valence-corrected chi connectivity index (χ4v) is 6.27. The van der Waals surface area contributed by atoms with Gasteiger partial charge in [0.2, 0.25) is 0 Å². The molecule has 5 unspecified atom stereocenters. The largest absolute Gasteiger partial charge is 0.384 e. The van der Waals surface area contributed by atoms with Crippen LogP contribution in [0.4, 0.5) is 5.69 Å². The van der Waals surface area contributed by atoms with Crippen LogP contribution in [0, 0.1) is 0 Å². The van der Waals surface area contributed by atoms with Gasteiger partial charge in [0.25, 0.3) is 0 Å². The molecule has 0 aromatic heterocycles. The van der Waals surface area contributed by atoms with E-state index in [0.717, 1.165) is 26.2 Å². The molecule has 5 fully saturated rings. The molecule has 0 saturated carbocycles. The Morgan fingerprint density at radius 1 is 1.08 bits per heavy atom. The van der Waals surface area contributed by atoms with Crippen molar-refractivity contribution >= 4 is 5.69 Å². The molecule has 7 rings (SSSR count). The number of hydrogen-bond donors (Lipinski definition) is 5. The number of anilines is 1. The zero-order chi connectivity index (χ0) is 16.5. The molecule has 5 saturated heterocycles. The van der Waals surface area contributed by atoms with Crippen LogP contribution in [0.25, 0.3) is 0 Å². The molecular weight excluding hydrogens is 310 g/mol. The zero-order valence-electron chi connectivity index (χ0n) is 14.8. The molecule has 5 nitrogen and oxygen atoms in total. The molecule has 5 atom stereocenters. The molecule has 0 aliphatic carbocycles. The summed E-state index contributed by atoms with van der Waals surface area (Å²) in [5.74, 6) is 0. The predicted octanol–water partition coefficient (Wildman–Crippen LogP) is 0.668. The maximum Gasteiger partial charge on any atom is 0.0567 e. The average Bonchev–Trinajstić information content (AvgIpc) is 3.25. The van der Waals surface area contributed by atoms with Gasteiger partial charge in [-0.3, -0.25) is 5.32 Å². The Labute approximate surface area is 149 Å². The van der Waals surface area contributed by atoms with Gasteiger partial charge in [-0.2, -0.15) is 0 Å². The van der Waals surface area contributed by atoms with Gasteiger partial charge in [0.1, 0.15) is 0 Å². The Hall–Kier alpha value is -1.14. The Morgan fingerprint density at radius 3 is 2.92 bits per heavy atom. The number of piperazine rings is 2. The van der Waals surface area contributed by atoms with E-state index >= 15 is 0 Å². The molecule has 6 aliphatic heterocycles. The van der Waals surface area contributed by atoms with Crippen LogP contribution in [0.15, 0.2) is 18.2 Å². The fourth-order valence-electron chi connectivity index (χ4n) is 6.27. The minimum Gasteiger partial charge on any atom is -0.384 e. The first-order valence-corrected chi connectivity index (χ1v) is 10.1. The van der Waals surface area contributed by atoms with E-state index in [1.807, 2.05) is 0 Å². The second kappa shape index (κ2) is 5.19. The summed E-state index contributed by atoms with van der Waals surface area (Å²) in [4.78, 5) is 0. The van der Waals surface area contributed by atoms with Crippen molar-refractivity contribution in [2.45, 2.75) is 61.3 Å². The van der Waals surface area contributed by atoms with E-state index in [2.05, 4.69) is 44.8 Å². The van der Waals surface area contributed by atoms with Crippen molar-refractivity contribution in [3.8, 4) is 0 Å². The quantitative estimate of drug-likeness (QED) is 0.548. The first-order chi connectivity index (χ1) is 12.3. The Balaban J connectivity index is 1.34. The van der Waals surface area contributed by atoms with E-state index in [1.165, 1.54) is 48.9 Å². The minimum absolute atomic E-state index is 0.0932. The second-order valence-corrected chi connectivity index (χ2v) is 8.95. The van der Waals surface area contributed by atoms with E-state index in [9.17, 15) is 0 Å². The summed E-state index contributed by atoms with van der Waals surface area (Å²) in [6.45, 7) is 4.36. The van der Waals surface area contributed by atoms with Crippen molar-refractivity contribution in [3.05, 3.63) is 29.3 Å². The number of hydrogen-bond acceptors (Lipinski definition) is 5. The van der Waals surface area contributed by atoms with Crippen molar-refractivity contribution in [2.24, 2.45) is 0 Å². The number of benzene rings is 1. The van der Waals surface area contributed by atoms with Gasteiger partial charge in [-0.25, -0.2) is 0 Å². The molecule has 6 heterocycles. The number of rotatable bonds is 2. The molecule has 1 aromatic rings. The van der Waals surface area contributed by atoms with Crippen LogP contribution in [0.3, 0.4) is 0 Å². The summed E-state index contributed by atoms with van der Waals surface area (Å²) in [6.07, 6.45) is 6.31. The molecule has 4 bridgehead atoms. The fraction of sp³-hybridized carbons (Fsp3) is 0.700. The summed E-state index contributed by atoms with van der Waals surface area (Å²) < 4.78 is 0. The standard InChI is InChI=1S/C20H29N5/c1-2-14(9-17-13(1)5-8-22-17)19-6-7-20(25-19,12-21-11-19)18-16-4-3-15(24-18)10-23-16/h1-2,9,15-16,18,21-25H,3-8,10-12H2. The molecule has 0 amide bonds. The summed E-state index contributed by atoms with van der Waals surface area (Å²) in [6, 6.07) is 8.96. The van der Waals surface area contributed by atoms with E-state index in [-0.39, 0.29) is 11.1 Å². The molecule has 25 heavy (non-hydrogen) atoms. The third kappa shape index (κ3) is 2.10. The highest BCUT2D eigenvalue weighted by Crippen LogP contribution is 2.45. The summed E-state index contributed by atoms with van der Waals surface area (Å²) in [5.41, 5.74) is 4.57.